The summed E-state index contributed by atoms with van der Waals surface area (Å²) in [6.45, 7) is 10.8. The van der Waals surface area contributed by atoms with Crippen LogP contribution in [-0.2, 0) is 9.53 Å². The highest BCUT2D eigenvalue weighted by atomic mass is 35.5. The number of amides is 1. The second-order valence-corrected chi connectivity index (χ2v) is 7.04. The third-order valence-corrected chi connectivity index (χ3v) is 4.38. The third-order valence-electron chi connectivity index (χ3n) is 4.38. The van der Waals surface area contributed by atoms with Crippen molar-refractivity contribution in [3.05, 3.63) is 35.4 Å². The highest BCUT2D eigenvalue weighted by Crippen LogP contribution is 2.24. The molecule has 0 saturated carbocycles. The molecule has 1 saturated heterocycles. The Morgan fingerprint density at radius 1 is 1.21 bits per heavy atom. The molecule has 2 unspecified atom stereocenters. The second-order valence-electron chi connectivity index (χ2n) is 7.04. The van der Waals surface area contributed by atoms with Crippen LogP contribution in [0.15, 0.2) is 24.3 Å². The van der Waals surface area contributed by atoms with Gasteiger partial charge in [0.25, 0.3) is 0 Å². The highest BCUT2D eigenvalue weighted by Gasteiger charge is 2.22. The van der Waals surface area contributed by atoms with Gasteiger partial charge >= 0.3 is 0 Å². The lowest BCUT2D eigenvalue weighted by atomic mass is 9.93. The lowest BCUT2D eigenvalue weighted by Gasteiger charge is -2.27. The first kappa shape index (κ1) is 20.9. The topological polar surface area (TPSA) is 50.4 Å². The Balaban J connectivity index is 0.00000288. The van der Waals surface area contributed by atoms with Crippen molar-refractivity contribution in [3.8, 4) is 0 Å². The first-order chi connectivity index (χ1) is 11.0. The maximum Gasteiger partial charge on any atom is 0.222 e. The molecule has 2 rings (SSSR count). The molecule has 1 aromatic rings. The van der Waals surface area contributed by atoms with E-state index >= 15 is 0 Å². The van der Waals surface area contributed by atoms with E-state index in [9.17, 15) is 4.79 Å². The molecule has 0 spiro atoms. The van der Waals surface area contributed by atoms with Crippen LogP contribution in [0.25, 0.3) is 0 Å². The van der Waals surface area contributed by atoms with Gasteiger partial charge in [0.2, 0.25) is 5.91 Å². The van der Waals surface area contributed by atoms with Crippen LogP contribution in [0.5, 0.6) is 0 Å². The highest BCUT2D eigenvalue weighted by molar-refractivity contribution is 5.85. The Labute approximate surface area is 152 Å². The van der Waals surface area contributed by atoms with Gasteiger partial charge in [0.1, 0.15) is 0 Å². The number of morpholine rings is 1. The van der Waals surface area contributed by atoms with E-state index in [1.165, 1.54) is 11.1 Å². The molecule has 0 bridgehead atoms. The molecule has 1 fully saturated rings. The number of carbonyl (C=O) groups is 1. The van der Waals surface area contributed by atoms with Gasteiger partial charge < -0.3 is 15.4 Å². The lowest BCUT2D eigenvalue weighted by Crippen LogP contribution is -2.45. The van der Waals surface area contributed by atoms with E-state index in [1.807, 2.05) is 0 Å². The quantitative estimate of drug-likeness (QED) is 0.823. The van der Waals surface area contributed by atoms with Gasteiger partial charge in [-0.3, -0.25) is 4.79 Å². The predicted molar refractivity (Wildman–Crippen MR) is 101 cm³/mol. The molecule has 0 aliphatic carbocycles. The molecule has 1 amide bonds. The fourth-order valence-electron chi connectivity index (χ4n) is 2.93. The summed E-state index contributed by atoms with van der Waals surface area (Å²) in [6, 6.07) is 8.79. The predicted octanol–water partition coefficient (Wildman–Crippen LogP) is 3.42. The van der Waals surface area contributed by atoms with Crippen LogP contribution in [0.4, 0.5) is 0 Å². The van der Waals surface area contributed by atoms with Gasteiger partial charge in [-0.15, -0.1) is 12.4 Å². The standard InChI is InChI=1S/C19H30N2O2.ClH/c1-13(2)15-5-7-16(8-6-15)19(14(3)4)21-18(22)11-17-12-23-10-9-20-17;/h5-8,13-14,17,19-20H,9-12H2,1-4H3,(H,21,22);1H. The van der Waals surface area contributed by atoms with Crippen LogP contribution >= 0.6 is 12.4 Å². The Hall–Kier alpha value is -1.10. The number of ether oxygens (including phenoxy) is 1. The first-order valence-electron chi connectivity index (χ1n) is 8.67. The minimum atomic E-state index is 0. The monoisotopic (exact) mass is 354 g/mol. The molecular formula is C19H31ClN2O2. The van der Waals surface area contributed by atoms with Crippen molar-refractivity contribution in [2.24, 2.45) is 5.92 Å². The van der Waals surface area contributed by atoms with Crippen molar-refractivity contribution in [3.63, 3.8) is 0 Å². The average molecular weight is 355 g/mol. The fraction of sp³-hybridized carbons (Fsp3) is 0.632. The maximum absolute atomic E-state index is 12.4. The molecule has 2 N–H and O–H groups in total. The van der Waals surface area contributed by atoms with Gasteiger partial charge in [0, 0.05) is 19.0 Å². The number of hydrogen-bond donors (Lipinski definition) is 2. The fourth-order valence-corrected chi connectivity index (χ4v) is 2.93. The molecule has 0 radical (unpaired) electrons. The summed E-state index contributed by atoms with van der Waals surface area (Å²) >= 11 is 0. The molecule has 1 aliphatic rings. The van der Waals surface area contributed by atoms with E-state index in [0.29, 0.717) is 24.9 Å². The summed E-state index contributed by atoms with van der Waals surface area (Å²) in [5.41, 5.74) is 2.50. The number of rotatable bonds is 6. The van der Waals surface area contributed by atoms with E-state index in [0.717, 1.165) is 13.2 Å². The van der Waals surface area contributed by atoms with Crippen LogP contribution in [0.2, 0.25) is 0 Å². The molecule has 0 aromatic heterocycles. The lowest BCUT2D eigenvalue weighted by molar-refractivity contribution is -0.123. The Bertz CT molecular complexity index is 497. The van der Waals surface area contributed by atoms with E-state index in [-0.39, 0.29) is 30.4 Å². The number of nitrogens with one attached hydrogen (secondary N) is 2. The SMILES string of the molecule is CC(C)c1ccc(C(NC(=O)CC2COCCN2)C(C)C)cc1.Cl. The molecule has 4 nitrogen and oxygen atoms in total. The molecule has 1 aromatic carbocycles. The number of carbonyl (C=O) groups excluding carboxylic acids is 1. The van der Waals surface area contributed by atoms with Crippen molar-refractivity contribution in [2.45, 2.75) is 52.1 Å². The largest absolute Gasteiger partial charge is 0.378 e. The van der Waals surface area contributed by atoms with Gasteiger partial charge in [-0.25, -0.2) is 0 Å². The van der Waals surface area contributed by atoms with Crippen molar-refractivity contribution < 1.29 is 9.53 Å². The van der Waals surface area contributed by atoms with Gasteiger partial charge in [-0.2, -0.15) is 0 Å². The van der Waals surface area contributed by atoms with Gasteiger partial charge in [0.15, 0.2) is 0 Å². The normalized spacial score (nSPS) is 19.0. The van der Waals surface area contributed by atoms with Crippen molar-refractivity contribution in [2.75, 3.05) is 19.8 Å². The second kappa shape index (κ2) is 10.0. The van der Waals surface area contributed by atoms with E-state index < -0.39 is 0 Å². The number of benzene rings is 1. The molecular weight excluding hydrogens is 324 g/mol. The summed E-state index contributed by atoms with van der Waals surface area (Å²) in [5, 5.41) is 6.52. The minimum absolute atomic E-state index is 0. The van der Waals surface area contributed by atoms with Crippen LogP contribution in [-0.4, -0.2) is 31.7 Å². The smallest absolute Gasteiger partial charge is 0.222 e. The van der Waals surface area contributed by atoms with Crippen molar-refractivity contribution in [1.29, 1.82) is 0 Å². The van der Waals surface area contributed by atoms with Crippen LogP contribution in [0.3, 0.4) is 0 Å². The van der Waals surface area contributed by atoms with Crippen LogP contribution in [0, 0.1) is 5.92 Å². The maximum atomic E-state index is 12.4. The van der Waals surface area contributed by atoms with Gasteiger partial charge in [-0.1, -0.05) is 52.0 Å². The van der Waals surface area contributed by atoms with Gasteiger partial charge in [0.05, 0.1) is 19.3 Å². The molecule has 24 heavy (non-hydrogen) atoms. The first-order valence-corrected chi connectivity index (χ1v) is 8.67. The summed E-state index contributed by atoms with van der Waals surface area (Å²) in [7, 11) is 0. The van der Waals surface area contributed by atoms with Crippen molar-refractivity contribution in [1.82, 2.24) is 10.6 Å². The van der Waals surface area contributed by atoms with Gasteiger partial charge in [-0.05, 0) is 23.0 Å². The Morgan fingerprint density at radius 3 is 2.33 bits per heavy atom. The Morgan fingerprint density at radius 2 is 1.83 bits per heavy atom. The third kappa shape index (κ3) is 6.08. The zero-order chi connectivity index (χ0) is 16.8. The van der Waals surface area contributed by atoms with Crippen molar-refractivity contribution >= 4 is 18.3 Å². The van der Waals surface area contributed by atoms with E-state index in [2.05, 4.69) is 62.6 Å². The summed E-state index contributed by atoms with van der Waals surface area (Å²) < 4.78 is 5.41. The molecule has 1 heterocycles. The Kier molecular flexibility index (Phi) is 8.74. The minimum Gasteiger partial charge on any atom is -0.378 e. The average Bonchev–Trinajstić information content (AvgIpc) is 2.53. The van der Waals surface area contributed by atoms with E-state index in [1.54, 1.807) is 0 Å². The summed E-state index contributed by atoms with van der Waals surface area (Å²) in [6.07, 6.45) is 0.466. The zero-order valence-electron chi connectivity index (χ0n) is 15.2. The zero-order valence-corrected chi connectivity index (χ0v) is 16.0. The van der Waals surface area contributed by atoms with Crippen LogP contribution < -0.4 is 10.6 Å². The molecule has 1 aliphatic heterocycles. The number of halogens is 1. The molecule has 2 atom stereocenters. The molecule has 136 valence electrons. The molecule has 5 heteroatoms. The summed E-state index contributed by atoms with van der Waals surface area (Å²) in [4.78, 5) is 12.4. The number of hydrogen-bond acceptors (Lipinski definition) is 3. The van der Waals surface area contributed by atoms with E-state index in [4.69, 9.17) is 4.74 Å². The van der Waals surface area contributed by atoms with Crippen LogP contribution in [0.1, 0.15) is 57.2 Å². The summed E-state index contributed by atoms with van der Waals surface area (Å²) in [5.74, 6) is 0.951.